The number of hydrogen-bond donors (Lipinski definition) is 1. The van der Waals surface area contributed by atoms with E-state index in [9.17, 15) is 18.8 Å². The molecule has 0 saturated carbocycles. The first-order chi connectivity index (χ1) is 15.3. The highest BCUT2D eigenvalue weighted by molar-refractivity contribution is 7.99. The van der Waals surface area contributed by atoms with Crippen LogP contribution in [0.15, 0.2) is 69.3 Å². The van der Waals surface area contributed by atoms with E-state index in [2.05, 4.69) is 10.3 Å². The first-order valence-corrected chi connectivity index (χ1v) is 10.7. The number of nitrogens with zero attached hydrogens (tertiary/aromatic N) is 4. The van der Waals surface area contributed by atoms with Crippen LogP contribution in [-0.2, 0) is 25.4 Å². The van der Waals surface area contributed by atoms with E-state index in [4.69, 9.17) is 0 Å². The van der Waals surface area contributed by atoms with Gasteiger partial charge in [-0.25, -0.2) is 14.2 Å². The summed E-state index contributed by atoms with van der Waals surface area (Å²) in [4.78, 5) is 42.2. The second kappa shape index (κ2) is 8.83. The number of rotatable bonds is 6. The molecule has 0 aliphatic carbocycles. The molecule has 0 fully saturated rings. The number of anilines is 1. The molecule has 2 heterocycles. The molecule has 2 aromatic carbocycles. The molecule has 8 nitrogen and oxygen atoms in total. The standard InChI is InChI=1S/C22H20FN5O3S/c1-26-19-18(20(30)27(2)22(26)31)28(12-14-8-10-15(23)11-9-14)21(25-19)32-13-17(29)24-16-6-4-3-5-7-16/h3-11H,12-13H2,1-2H3,(H,24,29). The van der Waals surface area contributed by atoms with Crippen LogP contribution in [0.5, 0.6) is 0 Å². The Morgan fingerprint density at radius 2 is 1.72 bits per heavy atom. The van der Waals surface area contributed by atoms with Gasteiger partial charge in [-0.15, -0.1) is 0 Å². The minimum atomic E-state index is -0.493. The summed E-state index contributed by atoms with van der Waals surface area (Å²) in [6, 6.07) is 15.0. The topological polar surface area (TPSA) is 90.9 Å². The molecule has 1 N–H and O–H groups in total. The molecular formula is C22H20FN5O3S. The maximum absolute atomic E-state index is 13.3. The molecule has 0 spiro atoms. The second-order valence-electron chi connectivity index (χ2n) is 7.19. The van der Waals surface area contributed by atoms with E-state index in [-0.39, 0.29) is 35.2 Å². The normalized spacial score (nSPS) is 11.1. The highest BCUT2D eigenvalue weighted by atomic mass is 32.2. The third-order valence-electron chi connectivity index (χ3n) is 4.96. The summed E-state index contributed by atoms with van der Waals surface area (Å²) in [6.07, 6.45) is 0. The summed E-state index contributed by atoms with van der Waals surface area (Å²) in [5, 5.41) is 3.21. The fourth-order valence-corrected chi connectivity index (χ4v) is 4.10. The SMILES string of the molecule is Cn1c(=O)c2c(nc(SCC(=O)Nc3ccccc3)n2Cc2ccc(F)cc2)n(C)c1=O. The number of fused-ring (bicyclic) bond motifs is 1. The van der Waals surface area contributed by atoms with Crippen LogP contribution in [0.25, 0.3) is 11.2 Å². The molecule has 4 rings (SSSR count). The first-order valence-electron chi connectivity index (χ1n) is 9.73. The lowest BCUT2D eigenvalue weighted by atomic mass is 10.2. The van der Waals surface area contributed by atoms with E-state index in [0.29, 0.717) is 10.8 Å². The molecule has 0 aliphatic rings. The Morgan fingerprint density at radius 3 is 2.41 bits per heavy atom. The van der Waals surface area contributed by atoms with Crippen molar-refractivity contribution < 1.29 is 9.18 Å². The maximum atomic E-state index is 13.3. The van der Waals surface area contributed by atoms with Gasteiger partial charge in [0.05, 0.1) is 12.3 Å². The van der Waals surface area contributed by atoms with Gasteiger partial charge in [-0.3, -0.25) is 18.7 Å². The summed E-state index contributed by atoms with van der Waals surface area (Å²) in [6.45, 7) is 0.229. The van der Waals surface area contributed by atoms with Crippen LogP contribution < -0.4 is 16.6 Å². The van der Waals surface area contributed by atoms with Crippen molar-refractivity contribution in [1.29, 1.82) is 0 Å². The van der Waals surface area contributed by atoms with Gasteiger partial charge in [-0.2, -0.15) is 0 Å². The molecule has 0 bridgehead atoms. The minimum absolute atomic E-state index is 0.0515. The summed E-state index contributed by atoms with van der Waals surface area (Å²) in [7, 11) is 2.94. The monoisotopic (exact) mass is 453 g/mol. The van der Waals surface area contributed by atoms with E-state index >= 15 is 0 Å². The Bertz CT molecular complexity index is 1410. The Morgan fingerprint density at radius 1 is 1.03 bits per heavy atom. The van der Waals surface area contributed by atoms with Crippen molar-refractivity contribution in [2.75, 3.05) is 11.1 Å². The van der Waals surface area contributed by atoms with Gasteiger partial charge in [0.1, 0.15) is 5.82 Å². The van der Waals surface area contributed by atoms with Gasteiger partial charge in [0.2, 0.25) is 5.91 Å². The zero-order valence-electron chi connectivity index (χ0n) is 17.4. The van der Waals surface area contributed by atoms with Crippen molar-refractivity contribution in [3.63, 3.8) is 0 Å². The van der Waals surface area contributed by atoms with Crippen LogP contribution in [0, 0.1) is 5.82 Å². The van der Waals surface area contributed by atoms with Crippen LogP contribution >= 0.6 is 11.8 Å². The van der Waals surface area contributed by atoms with Gasteiger partial charge in [0, 0.05) is 19.8 Å². The van der Waals surface area contributed by atoms with Crippen LogP contribution in [0.3, 0.4) is 0 Å². The zero-order chi connectivity index (χ0) is 22.8. The third kappa shape index (κ3) is 4.22. The summed E-state index contributed by atoms with van der Waals surface area (Å²) < 4.78 is 17.3. The molecule has 0 atom stereocenters. The number of carbonyl (C=O) groups excluding carboxylic acids is 1. The van der Waals surface area contributed by atoms with E-state index in [1.165, 1.54) is 30.8 Å². The van der Waals surface area contributed by atoms with Crippen LogP contribution in [0.2, 0.25) is 0 Å². The Kier molecular flexibility index (Phi) is 5.95. The fourth-order valence-electron chi connectivity index (χ4n) is 3.30. The van der Waals surface area contributed by atoms with Crippen molar-refractivity contribution in [2.24, 2.45) is 14.1 Å². The average molecular weight is 453 g/mol. The molecule has 10 heteroatoms. The molecule has 4 aromatic rings. The van der Waals surface area contributed by atoms with Gasteiger partial charge in [0.15, 0.2) is 16.3 Å². The third-order valence-corrected chi connectivity index (χ3v) is 5.93. The quantitative estimate of drug-likeness (QED) is 0.453. The molecule has 2 aromatic heterocycles. The number of hydrogen-bond acceptors (Lipinski definition) is 5. The lowest BCUT2D eigenvalue weighted by Gasteiger charge is -2.10. The van der Waals surface area contributed by atoms with Gasteiger partial charge >= 0.3 is 5.69 Å². The summed E-state index contributed by atoms with van der Waals surface area (Å²) >= 11 is 1.15. The lowest BCUT2D eigenvalue weighted by molar-refractivity contribution is -0.113. The maximum Gasteiger partial charge on any atom is 0.332 e. The number of carbonyl (C=O) groups is 1. The smallest absolute Gasteiger partial charge is 0.325 e. The van der Waals surface area contributed by atoms with E-state index < -0.39 is 11.2 Å². The number of imidazole rings is 1. The van der Waals surface area contributed by atoms with E-state index in [1.54, 1.807) is 28.8 Å². The molecule has 0 unspecified atom stereocenters. The predicted molar refractivity (Wildman–Crippen MR) is 122 cm³/mol. The number of benzene rings is 2. The van der Waals surface area contributed by atoms with Crippen molar-refractivity contribution in [3.05, 3.63) is 86.8 Å². The molecule has 1 amide bonds. The Hall–Kier alpha value is -3.66. The average Bonchev–Trinajstić information content (AvgIpc) is 3.15. The van der Waals surface area contributed by atoms with Crippen LogP contribution in [0.1, 0.15) is 5.56 Å². The number of aromatic nitrogens is 4. The highest BCUT2D eigenvalue weighted by Crippen LogP contribution is 2.23. The van der Waals surface area contributed by atoms with Crippen molar-refractivity contribution in [2.45, 2.75) is 11.7 Å². The zero-order valence-corrected chi connectivity index (χ0v) is 18.2. The van der Waals surface area contributed by atoms with Crippen LogP contribution in [-0.4, -0.2) is 30.3 Å². The second-order valence-corrected chi connectivity index (χ2v) is 8.13. The van der Waals surface area contributed by atoms with Gasteiger partial charge < -0.3 is 9.88 Å². The summed E-state index contributed by atoms with van der Waals surface area (Å²) in [5.74, 6) is -0.547. The van der Waals surface area contributed by atoms with Gasteiger partial charge in [-0.05, 0) is 29.8 Å². The van der Waals surface area contributed by atoms with E-state index in [1.807, 2.05) is 18.2 Å². The number of para-hydroxylation sites is 1. The lowest BCUT2D eigenvalue weighted by Crippen LogP contribution is -2.37. The predicted octanol–water partition coefficient (Wildman–Crippen LogP) is 2.35. The molecular weight excluding hydrogens is 433 g/mol. The highest BCUT2D eigenvalue weighted by Gasteiger charge is 2.20. The van der Waals surface area contributed by atoms with Crippen molar-refractivity contribution >= 4 is 34.5 Å². The number of aryl methyl sites for hydroxylation is 1. The molecule has 0 saturated heterocycles. The number of nitrogens with one attached hydrogen (secondary N) is 1. The molecule has 0 radical (unpaired) electrons. The number of amides is 1. The number of halogens is 1. The minimum Gasteiger partial charge on any atom is -0.325 e. The number of thioether (sulfide) groups is 1. The molecule has 32 heavy (non-hydrogen) atoms. The van der Waals surface area contributed by atoms with Crippen molar-refractivity contribution in [1.82, 2.24) is 18.7 Å². The largest absolute Gasteiger partial charge is 0.332 e. The van der Waals surface area contributed by atoms with Crippen LogP contribution in [0.4, 0.5) is 10.1 Å². The Labute approximate surface area is 186 Å². The Balaban J connectivity index is 1.71. The first kappa shape index (κ1) is 21.6. The fraction of sp³-hybridized carbons (Fsp3) is 0.182. The summed E-state index contributed by atoms with van der Waals surface area (Å²) in [5.41, 5.74) is 0.910. The van der Waals surface area contributed by atoms with Gasteiger partial charge in [-0.1, -0.05) is 42.1 Å². The van der Waals surface area contributed by atoms with Gasteiger partial charge in [0.25, 0.3) is 5.56 Å². The van der Waals surface area contributed by atoms with E-state index in [0.717, 1.165) is 21.9 Å². The molecule has 0 aliphatic heterocycles. The molecule has 164 valence electrons. The van der Waals surface area contributed by atoms with Crippen molar-refractivity contribution in [3.8, 4) is 0 Å².